The molecule has 0 saturated heterocycles. The van der Waals surface area contributed by atoms with Gasteiger partial charge in [-0.1, -0.05) is 5.16 Å². The van der Waals surface area contributed by atoms with Crippen LogP contribution in [-0.2, 0) is 25.9 Å². The van der Waals surface area contributed by atoms with E-state index in [0.29, 0.717) is 12.1 Å². The van der Waals surface area contributed by atoms with E-state index < -0.39 is 0 Å². The van der Waals surface area contributed by atoms with Gasteiger partial charge in [-0.15, -0.1) is 0 Å². The lowest BCUT2D eigenvalue weighted by atomic mass is 10.0. The van der Waals surface area contributed by atoms with E-state index in [1.54, 1.807) is 6.33 Å². The molecule has 4 heterocycles. The first kappa shape index (κ1) is 18.1. The number of hydrogen-bond donors (Lipinski definition) is 1. The van der Waals surface area contributed by atoms with Crippen molar-refractivity contribution in [1.82, 2.24) is 24.9 Å². The summed E-state index contributed by atoms with van der Waals surface area (Å²) in [5.74, 6) is 1.07. The maximum Gasteiger partial charge on any atom is 0.154 e. The second kappa shape index (κ2) is 7.70. The van der Waals surface area contributed by atoms with Crippen LogP contribution in [0.25, 0.3) is 0 Å². The van der Waals surface area contributed by atoms with Crippen LogP contribution < -0.4 is 0 Å². The average Bonchev–Trinajstić information content (AvgIpc) is 3.21. The fourth-order valence-electron chi connectivity index (χ4n) is 3.51. The predicted molar refractivity (Wildman–Crippen MR) is 98.3 cm³/mol. The molecule has 2 aliphatic rings. The van der Waals surface area contributed by atoms with Crippen molar-refractivity contribution in [3.8, 4) is 0 Å². The molecule has 0 radical (unpaired) electrons. The molecular weight excluding hydrogens is 314 g/mol. The summed E-state index contributed by atoms with van der Waals surface area (Å²) < 4.78 is 5.28. The predicted octanol–water partition coefficient (Wildman–Crippen LogP) is 2.93. The van der Waals surface area contributed by atoms with Gasteiger partial charge in [0.15, 0.2) is 5.76 Å². The van der Waals surface area contributed by atoms with Crippen LogP contribution in [0.3, 0.4) is 0 Å². The Labute approximate surface area is 150 Å². The fourth-order valence-corrected chi connectivity index (χ4v) is 3.51. The monoisotopic (exact) mass is 345 g/mol. The Morgan fingerprint density at radius 1 is 1.04 bits per heavy atom. The Kier molecular flexibility index (Phi) is 5.59. The van der Waals surface area contributed by atoms with Crippen molar-refractivity contribution in [2.45, 2.75) is 72.6 Å². The van der Waals surface area contributed by atoms with Gasteiger partial charge in [0, 0.05) is 43.7 Å². The molecule has 0 atom stereocenters. The maximum absolute atomic E-state index is 5.28. The largest absolute Gasteiger partial charge is 0.359 e. The SMILES string of the molecule is CC(C)N1CCc2nc[nH]c2C1.Cc1noc2c1CCN(C(C)C)C2. The molecule has 25 heavy (non-hydrogen) atoms. The van der Waals surface area contributed by atoms with E-state index in [0.717, 1.165) is 50.5 Å². The quantitative estimate of drug-likeness (QED) is 0.907. The highest BCUT2D eigenvalue weighted by Gasteiger charge is 2.23. The van der Waals surface area contributed by atoms with Gasteiger partial charge in [0.1, 0.15) is 0 Å². The van der Waals surface area contributed by atoms with Crippen LogP contribution in [0.1, 0.15) is 56.1 Å². The van der Waals surface area contributed by atoms with Crippen molar-refractivity contribution >= 4 is 0 Å². The van der Waals surface area contributed by atoms with Crippen LogP contribution in [0.5, 0.6) is 0 Å². The van der Waals surface area contributed by atoms with Crippen LogP contribution in [0.2, 0.25) is 0 Å². The van der Waals surface area contributed by atoms with E-state index in [1.807, 2.05) is 6.92 Å². The number of aryl methyl sites for hydroxylation is 1. The van der Waals surface area contributed by atoms with Gasteiger partial charge in [-0.25, -0.2) is 4.98 Å². The summed E-state index contributed by atoms with van der Waals surface area (Å²) in [5, 5.41) is 3.99. The van der Waals surface area contributed by atoms with Gasteiger partial charge in [0.25, 0.3) is 0 Å². The summed E-state index contributed by atoms with van der Waals surface area (Å²) in [6.45, 7) is 15.2. The van der Waals surface area contributed by atoms with Crippen molar-refractivity contribution in [2.24, 2.45) is 0 Å². The summed E-state index contributed by atoms with van der Waals surface area (Å²) in [6.07, 6.45) is 3.98. The lowest BCUT2D eigenvalue weighted by molar-refractivity contribution is 0.177. The molecule has 6 nitrogen and oxygen atoms in total. The maximum atomic E-state index is 5.28. The number of aromatic nitrogens is 3. The standard InChI is InChI=1S/C10H16N2O.C9H15N3/c1-7(2)12-5-4-9-8(3)11-13-10(9)6-12;1-7(2)12-4-3-8-9(5-12)11-6-10-8/h7H,4-6H2,1-3H3;6-7H,3-5H2,1-2H3,(H,10,11). The highest BCUT2D eigenvalue weighted by molar-refractivity contribution is 5.24. The third-order valence-electron chi connectivity index (χ3n) is 5.33. The topological polar surface area (TPSA) is 61.2 Å². The Morgan fingerprint density at radius 2 is 1.72 bits per heavy atom. The van der Waals surface area contributed by atoms with Gasteiger partial charge in [0.2, 0.25) is 0 Å². The first-order chi connectivity index (χ1) is 12.0. The molecule has 2 aromatic rings. The third kappa shape index (κ3) is 4.12. The number of nitrogens with one attached hydrogen (secondary N) is 1. The highest BCUT2D eigenvalue weighted by atomic mass is 16.5. The minimum absolute atomic E-state index is 0.596. The molecule has 138 valence electrons. The number of imidazole rings is 1. The number of H-pyrrole nitrogens is 1. The molecule has 4 rings (SSSR count). The molecule has 2 aliphatic heterocycles. The number of rotatable bonds is 2. The molecule has 0 bridgehead atoms. The first-order valence-electron chi connectivity index (χ1n) is 9.39. The lowest BCUT2D eigenvalue weighted by Crippen LogP contribution is -2.35. The molecule has 0 aliphatic carbocycles. The smallest absolute Gasteiger partial charge is 0.154 e. The molecule has 0 aromatic carbocycles. The van der Waals surface area contributed by atoms with Crippen molar-refractivity contribution < 1.29 is 4.52 Å². The van der Waals surface area contributed by atoms with Crippen LogP contribution in [0.15, 0.2) is 10.9 Å². The zero-order valence-electron chi connectivity index (χ0n) is 16.2. The van der Waals surface area contributed by atoms with Crippen molar-refractivity contribution in [3.63, 3.8) is 0 Å². The van der Waals surface area contributed by atoms with Gasteiger partial charge >= 0.3 is 0 Å². The fraction of sp³-hybridized carbons (Fsp3) is 0.684. The van der Waals surface area contributed by atoms with Crippen molar-refractivity contribution in [3.05, 3.63) is 34.7 Å². The molecule has 1 N–H and O–H groups in total. The zero-order valence-corrected chi connectivity index (χ0v) is 16.2. The van der Waals surface area contributed by atoms with Crippen LogP contribution >= 0.6 is 0 Å². The molecule has 0 spiro atoms. The summed E-state index contributed by atoms with van der Waals surface area (Å²) in [5.41, 5.74) is 4.96. The lowest BCUT2D eigenvalue weighted by Gasteiger charge is -2.29. The first-order valence-corrected chi connectivity index (χ1v) is 9.39. The molecule has 6 heteroatoms. The number of fused-ring (bicyclic) bond motifs is 2. The molecule has 2 aromatic heterocycles. The summed E-state index contributed by atoms with van der Waals surface area (Å²) in [7, 11) is 0. The average molecular weight is 345 g/mol. The normalized spacial score (nSPS) is 18.0. The van der Waals surface area contributed by atoms with E-state index >= 15 is 0 Å². The van der Waals surface area contributed by atoms with Gasteiger partial charge in [-0.05, 0) is 41.0 Å². The van der Waals surface area contributed by atoms with Crippen molar-refractivity contribution in [1.29, 1.82) is 0 Å². The minimum atomic E-state index is 0.596. The van der Waals surface area contributed by atoms with Crippen molar-refractivity contribution in [2.75, 3.05) is 13.1 Å². The molecule has 0 amide bonds. The second-order valence-corrected chi connectivity index (χ2v) is 7.63. The number of aromatic amines is 1. The van der Waals surface area contributed by atoms with Gasteiger partial charge in [-0.2, -0.15) is 0 Å². The van der Waals surface area contributed by atoms with Gasteiger partial charge in [0.05, 0.1) is 30.0 Å². The van der Waals surface area contributed by atoms with Crippen LogP contribution in [-0.4, -0.2) is 50.1 Å². The molecule has 0 saturated carbocycles. The van der Waals surface area contributed by atoms with Crippen LogP contribution in [0, 0.1) is 6.92 Å². The number of nitrogens with zero attached hydrogens (tertiary/aromatic N) is 4. The Balaban J connectivity index is 0.000000146. The summed E-state index contributed by atoms with van der Waals surface area (Å²) >= 11 is 0. The Hall–Kier alpha value is -1.66. The summed E-state index contributed by atoms with van der Waals surface area (Å²) in [6, 6.07) is 1.24. The van der Waals surface area contributed by atoms with E-state index in [2.05, 4.69) is 52.6 Å². The van der Waals surface area contributed by atoms with E-state index in [1.165, 1.54) is 17.0 Å². The third-order valence-corrected chi connectivity index (χ3v) is 5.33. The van der Waals surface area contributed by atoms with E-state index in [9.17, 15) is 0 Å². The summed E-state index contributed by atoms with van der Waals surface area (Å²) in [4.78, 5) is 12.3. The van der Waals surface area contributed by atoms with Crippen LogP contribution in [0.4, 0.5) is 0 Å². The Morgan fingerprint density at radius 3 is 2.44 bits per heavy atom. The zero-order chi connectivity index (χ0) is 18.0. The highest BCUT2D eigenvalue weighted by Crippen LogP contribution is 2.22. The van der Waals surface area contributed by atoms with Gasteiger partial charge in [-0.3, -0.25) is 9.80 Å². The second-order valence-electron chi connectivity index (χ2n) is 7.63. The van der Waals surface area contributed by atoms with E-state index in [4.69, 9.17) is 4.52 Å². The molecular formula is C19H31N5O. The Bertz CT molecular complexity index is 688. The number of hydrogen-bond acceptors (Lipinski definition) is 5. The molecule has 0 unspecified atom stereocenters. The molecule has 0 fully saturated rings. The van der Waals surface area contributed by atoms with E-state index in [-0.39, 0.29) is 0 Å². The minimum Gasteiger partial charge on any atom is -0.359 e. The van der Waals surface area contributed by atoms with Gasteiger partial charge < -0.3 is 9.51 Å².